The molecular formula is C17H23FN2O2. The van der Waals surface area contributed by atoms with Crippen LogP contribution in [0.5, 0.6) is 0 Å². The van der Waals surface area contributed by atoms with Crippen molar-refractivity contribution >= 4 is 11.8 Å². The molecule has 0 aliphatic carbocycles. The summed E-state index contributed by atoms with van der Waals surface area (Å²) in [7, 11) is 0. The summed E-state index contributed by atoms with van der Waals surface area (Å²) in [5, 5.41) is 2.86. The number of carbonyl (C=O) groups is 2. The van der Waals surface area contributed by atoms with Crippen LogP contribution < -0.4 is 5.32 Å². The zero-order chi connectivity index (χ0) is 15.9. The summed E-state index contributed by atoms with van der Waals surface area (Å²) in [6.45, 7) is 2.92. The van der Waals surface area contributed by atoms with Crippen molar-refractivity contribution in [2.45, 2.75) is 45.1 Å². The number of likely N-dealkylation sites (tertiary alicyclic amines) is 1. The highest BCUT2D eigenvalue weighted by Gasteiger charge is 2.26. The summed E-state index contributed by atoms with van der Waals surface area (Å²) >= 11 is 0. The van der Waals surface area contributed by atoms with Gasteiger partial charge in [0, 0.05) is 25.9 Å². The van der Waals surface area contributed by atoms with Gasteiger partial charge in [-0.2, -0.15) is 0 Å². The standard InChI is InChI=1S/C17H23FN2O2/c1-2-16(21)19-12-15(20-9-4-3-8-17(20)22)11-13-6-5-7-14(18)10-13/h5-7,10,15H,2-4,8-9,11-12H2,1H3,(H,19,21). The van der Waals surface area contributed by atoms with Gasteiger partial charge in [0.05, 0.1) is 6.04 Å². The Balaban J connectivity index is 2.09. The number of nitrogens with zero attached hydrogens (tertiary/aromatic N) is 1. The summed E-state index contributed by atoms with van der Waals surface area (Å²) in [5.41, 5.74) is 0.842. The fourth-order valence-electron chi connectivity index (χ4n) is 2.80. The van der Waals surface area contributed by atoms with Crippen LogP contribution in [0, 0.1) is 5.82 Å². The Bertz CT molecular complexity index is 533. The lowest BCUT2D eigenvalue weighted by molar-refractivity contribution is -0.136. The van der Waals surface area contributed by atoms with Crippen molar-refractivity contribution in [1.29, 1.82) is 0 Å². The Morgan fingerprint density at radius 3 is 2.91 bits per heavy atom. The normalized spacial score (nSPS) is 16.5. The first kappa shape index (κ1) is 16.5. The molecule has 0 aromatic heterocycles. The van der Waals surface area contributed by atoms with E-state index in [0.717, 1.165) is 18.4 Å². The van der Waals surface area contributed by atoms with Crippen LogP contribution in [0.1, 0.15) is 38.2 Å². The minimum atomic E-state index is -0.279. The molecule has 1 saturated heterocycles. The van der Waals surface area contributed by atoms with E-state index in [2.05, 4.69) is 5.32 Å². The number of rotatable bonds is 6. The van der Waals surface area contributed by atoms with Gasteiger partial charge in [-0.05, 0) is 37.0 Å². The molecule has 1 aromatic carbocycles. The zero-order valence-electron chi connectivity index (χ0n) is 13.0. The number of piperidine rings is 1. The number of hydrogen-bond donors (Lipinski definition) is 1. The van der Waals surface area contributed by atoms with E-state index in [9.17, 15) is 14.0 Å². The van der Waals surface area contributed by atoms with Gasteiger partial charge in [0.2, 0.25) is 11.8 Å². The highest BCUT2D eigenvalue weighted by Crippen LogP contribution is 2.17. The molecular weight excluding hydrogens is 283 g/mol. The highest BCUT2D eigenvalue weighted by molar-refractivity contribution is 5.78. The summed E-state index contributed by atoms with van der Waals surface area (Å²) in [6, 6.07) is 6.30. The SMILES string of the molecule is CCC(=O)NCC(Cc1cccc(F)c1)N1CCCCC1=O. The Morgan fingerprint density at radius 2 is 2.23 bits per heavy atom. The molecule has 0 saturated carbocycles. The monoisotopic (exact) mass is 306 g/mol. The Kier molecular flexibility index (Phi) is 5.92. The second-order valence-electron chi connectivity index (χ2n) is 5.69. The fourth-order valence-corrected chi connectivity index (χ4v) is 2.80. The van der Waals surface area contributed by atoms with Crippen LogP contribution in [0.2, 0.25) is 0 Å². The van der Waals surface area contributed by atoms with E-state index in [1.165, 1.54) is 12.1 Å². The molecule has 1 N–H and O–H groups in total. The van der Waals surface area contributed by atoms with E-state index in [-0.39, 0.29) is 23.7 Å². The lowest BCUT2D eigenvalue weighted by Crippen LogP contribution is -2.49. The van der Waals surface area contributed by atoms with E-state index in [0.29, 0.717) is 32.4 Å². The second-order valence-corrected chi connectivity index (χ2v) is 5.69. The van der Waals surface area contributed by atoms with Crippen LogP contribution in [-0.2, 0) is 16.0 Å². The summed E-state index contributed by atoms with van der Waals surface area (Å²) in [4.78, 5) is 25.5. The van der Waals surface area contributed by atoms with E-state index < -0.39 is 0 Å². The number of nitrogens with one attached hydrogen (secondary N) is 1. The van der Waals surface area contributed by atoms with E-state index >= 15 is 0 Å². The lowest BCUT2D eigenvalue weighted by atomic mass is 10.0. The minimum absolute atomic E-state index is 0.0336. The van der Waals surface area contributed by atoms with E-state index in [1.807, 2.05) is 11.0 Å². The van der Waals surface area contributed by atoms with Crippen molar-refractivity contribution in [1.82, 2.24) is 10.2 Å². The largest absolute Gasteiger partial charge is 0.354 e. The van der Waals surface area contributed by atoms with Gasteiger partial charge in [0.25, 0.3) is 0 Å². The Hall–Kier alpha value is -1.91. The van der Waals surface area contributed by atoms with Crippen molar-refractivity contribution in [3.8, 4) is 0 Å². The van der Waals surface area contributed by atoms with Gasteiger partial charge < -0.3 is 10.2 Å². The average Bonchev–Trinajstić information content (AvgIpc) is 2.52. The molecule has 0 radical (unpaired) electrons. The van der Waals surface area contributed by atoms with Crippen LogP contribution in [0.25, 0.3) is 0 Å². The molecule has 22 heavy (non-hydrogen) atoms. The summed E-state index contributed by atoms with van der Waals surface area (Å²) < 4.78 is 13.4. The first-order valence-electron chi connectivity index (χ1n) is 7.90. The molecule has 1 atom stereocenters. The van der Waals surface area contributed by atoms with Crippen LogP contribution in [-0.4, -0.2) is 35.8 Å². The van der Waals surface area contributed by atoms with Crippen LogP contribution in [0.3, 0.4) is 0 Å². The van der Waals surface area contributed by atoms with Crippen molar-refractivity contribution in [2.75, 3.05) is 13.1 Å². The maximum atomic E-state index is 13.4. The molecule has 1 aliphatic heterocycles. The third-order valence-corrected chi connectivity index (χ3v) is 4.02. The predicted octanol–water partition coefficient (Wildman–Crippen LogP) is 2.28. The Morgan fingerprint density at radius 1 is 1.41 bits per heavy atom. The average molecular weight is 306 g/mol. The molecule has 0 bridgehead atoms. The van der Waals surface area contributed by atoms with Crippen molar-refractivity contribution in [3.63, 3.8) is 0 Å². The van der Waals surface area contributed by atoms with Gasteiger partial charge in [0.15, 0.2) is 0 Å². The third kappa shape index (κ3) is 4.55. The molecule has 1 aliphatic rings. The molecule has 4 nitrogen and oxygen atoms in total. The molecule has 1 heterocycles. The highest BCUT2D eigenvalue weighted by atomic mass is 19.1. The first-order valence-corrected chi connectivity index (χ1v) is 7.90. The van der Waals surface area contributed by atoms with Gasteiger partial charge in [-0.1, -0.05) is 19.1 Å². The molecule has 1 aromatic rings. The van der Waals surface area contributed by atoms with Gasteiger partial charge in [-0.15, -0.1) is 0 Å². The van der Waals surface area contributed by atoms with E-state index in [1.54, 1.807) is 13.0 Å². The molecule has 1 unspecified atom stereocenters. The smallest absolute Gasteiger partial charge is 0.222 e. The maximum Gasteiger partial charge on any atom is 0.222 e. The van der Waals surface area contributed by atoms with Crippen LogP contribution in [0.4, 0.5) is 4.39 Å². The van der Waals surface area contributed by atoms with Gasteiger partial charge in [0.1, 0.15) is 5.82 Å². The zero-order valence-corrected chi connectivity index (χ0v) is 13.0. The number of hydrogen-bond acceptors (Lipinski definition) is 2. The summed E-state index contributed by atoms with van der Waals surface area (Å²) in [5.74, 6) is -0.189. The topological polar surface area (TPSA) is 49.4 Å². The molecule has 5 heteroatoms. The lowest BCUT2D eigenvalue weighted by Gasteiger charge is -2.35. The van der Waals surface area contributed by atoms with Crippen LogP contribution in [0.15, 0.2) is 24.3 Å². The first-order chi connectivity index (χ1) is 10.6. The third-order valence-electron chi connectivity index (χ3n) is 4.02. The number of halogens is 1. The molecule has 120 valence electrons. The fraction of sp³-hybridized carbons (Fsp3) is 0.529. The second kappa shape index (κ2) is 7.92. The number of carbonyl (C=O) groups excluding carboxylic acids is 2. The van der Waals surface area contributed by atoms with Gasteiger partial charge in [-0.25, -0.2) is 4.39 Å². The predicted molar refractivity (Wildman–Crippen MR) is 82.8 cm³/mol. The minimum Gasteiger partial charge on any atom is -0.354 e. The van der Waals surface area contributed by atoms with Crippen molar-refractivity contribution in [2.24, 2.45) is 0 Å². The molecule has 1 fully saturated rings. The quantitative estimate of drug-likeness (QED) is 0.876. The van der Waals surface area contributed by atoms with Crippen LogP contribution >= 0.6 is 0 Å². The Labute approximate surface area is 130 Å². The van der Waals surface area contributed by atoms with E-state index in [4.69, 9.17) is 0 Å². The van der Waals surface area contributed by atoms with Crippen molar-refractivity contribution in [3.05, 3.63) is 35.6 Å². The number of benzene rings is 1. The summed E-state index contributed by atoms with van der Waals surface area (Å²) in [6.07, 6.45) is 3.42. The van der Waals surface area contributed by atoms with Crippen molar-refractivity contribution < 1.29 is 14.0 Å². The molecule has 0 spiro atoms. The van der Waals surface area contributed by atoms with Gasteiger partial charge >= 0.3 is 0 Å². The maximum absolute atomic E-state index is 13.4. The molecule has 2 rings (SSSR count). The number of amides is 2. The molecule has 2 amide bonds. The van der Waals surface area contributed by atoms with Gasteiger partial charge in [-0.3, -0.25) is 9.59 Å².